The van der Waals surface area contributed by atoms with Crippen LogP contribution in [0.4, 0.5) is 0 Å². The topological polar surface area (TPSA) is 45.7 Å². The molecule has 5 rings (SSSR count). The summed E-state index contributed by atoms with van der Waals surface area (Å²) in [6.07, 6.45) is 4.43. The van der Waals surface area contributed by atoms with Gasteiger partial charge in [-0.3, -0.25) is 9.78 Å². The number of carbonyl (C=O) groups excluding carboxylic acids is 1. The van der Waals surface area contributed by atoms with Crippen molar-refractivity contribution in [3.8, 4) is 0 Å². The summed E-state index contributed by atoms with van der Waals surface area (Å²) in [6.45, 7) is 4.72. The van der Waals surface area contributed by atoms with Gasteiger partial charge in [0.15, 0.2) is 0 Å². The van der Waals surface area contributed by atoms with Crippen LogP contribution in [-0.2, 0) is 21.4 Å². The fraction of sp³-hybridized carbons (Fsp3) is 0.429. The zero-order valence-electron chi connectivity index (χ0n) is 19.5. The number of benzene rings is 2. The Hall–Kier alpha value is -2.76. The number of pyridine rings is 1. The van der Waals surface area contributed by atoms with Gasteiger partial charge in [0.05, 0.1) is 10.9 Å². The fourth-order valence-electron chi connectivity index (χ4n) is 5.57. The number of ether oxygens (including phenoxy) is 1. The van der Waals surface area contributed by atoms with Crippen LogP contribution in [0.1, 0.15) is 24.0 Å². The predicted octanol–water partition coefficient (Wildman–Crippen LogP) is 3.92. The summed E-state index contributed by atoms with van der Waals surface area (Å²) < 4.78 is 5.67. The van der Waals surface area contributed by atoms with E-state index in [0.29, 0.717) is 19.1 Å². The van der Waals surface area contributed by atoms with Crippen molar-refractivity contribution in [1.82, 2.24) is 14.8 Å². The second-order valence-electron chi connectivity index (χ2n) is 9.68. The summed E-state index contributed by atoms with van der Waals surface area (Å²) in [7, 11) is 2.17. The highest BCUT2D eigenvalue weighted by Gasteiger charge is 2.44. The Morgan fingerprint density at radius 2 is 1.79 bits per heavy atom. The first-order valence-electron chi connectivity index (χ1n) is 12.1. The number of amides is 1. The third-order valence-corrected chi connectivity index (χ3v) is 7.34. The van der Waals surface area contributed by atoms with Gasteiger partial charge in [-0.15, -0.1) is 0 Å². The first kappa shape index (κ1) is 22.1. The SMILES string of the molecule is CN1CCN(C(=O)C2(c3ccccc3)CCOCC2)C[C@H](Cc2cnc3ccccc3c2)C1. The maximum absolute atomic E-state index is 14.1. The Morgan fingerprint density at radius 1 is 1.03 bits per heavy atom. The van der Waals surface area contributed by atoms with Crippen LogP contribution in [0.15, 0.2) is 66.9 Å². The van der Waals surface area contributed by atoms with Crippen LogP contribution < -0.4 is 0 Å². The summed E-state index contributed by atoms with van der Waals surface area (Å²) in [5, 5.41) is 1.18. The highest BCUT2D eigenvalue weighted by Crippen LogP contribution is 2.37. The van der Waals surface area contributed by atoms with Gasteiger partial charge >= 0.3 is 0 Å². The Labute approximate surface area is 196 Å². The molecule has 2 aliphatic rings. The molecule has 33 heavy (non-hydrogen) atoms. The second kappa shape index (κ2) is 9.62. The number of nitrogens with zero attached hydrogens (tertiary/aromatic N) is 3. The van der Waals surface area contributed by atoms with Gasteiger partial charge < -0.3 is 14.5 Å². The van der Waals surface area contributed by atoms with Crippen LogP contribution in [0, 0.1) is 5.92 Å². The maximum Gasteiger partial charge on any atom is 0.233 e. The Kier molecular flexibility index (Phi) is 6.43. The van der Waals surface area contributed by atoms with Crippen molar-refractivity contribution in [2.75, 3.05) is 46.4 Å². The van der Waals surface area contributed by atoms with E-state index in [1.807, 2.05) is 30.5 Å². The molecule has 0 aliphatic carbocycles. The average Bonchev–Trinajstić information content (AvgIpc) is 3.05. The number of carbonyl (C=O) groups is 1. The standard InChI is InChI=1S/C28H33N3O2/c1-30-13-14-31(27(32)28(11-15-33-16-12-28)25-8-3-2-4-9-25)21-23(20-30)17-22-18-24-7-5-6-10-26(24)29-19-22/h2-10,18-19,23H,11-17,20-21H2,1H3/t23-/m1/s1. The van der Waals surface area contributed by atoms with Gasteiger partial charge in [0.25, 0.3) is 0 Å². The van der Waals surface area contributed by atoms with E-state index in [4.69, 9.17) is 4.74 Å². The van der Waals surface area contributed by atoms with Crippen LogP contribution >= 0.6 is 0 Å². The molecule has 1 amide bonds. The lowest BCUT2D eigenvalue weighted by molar-refractivity contribution is -0.141. The van der Waals surface area contributed by atoms with Crippen LogP contribution in [-0.4, -0.2) is 67.1 Å². The minimum Gasteiger partial charge on any atom is -0.381 e. The van der Waals surface area contributed by atoms with Crippen LogP contribution in [0.3, 0.4) is 0 Å². The molecule has 3 heterocycles. The average molecular weight is 444 g/mol. The summed E-state index contributed by atoms with van der Waals surface area (Å²) in [5.41, 5.74) is 2.93. The highest BCUT2D eigenvalue weighted by molar-refractivity contribution is 5.88. The molecule has 3 aromatic rings. The molecule has 1 aromatic heterocycles. The summed E-state index contributed by atoms with van der Waals surface area (Å²) in [4.78, 5) is 23.3. The number of rotatable bonds is 4. The lowest BCUT2D eigenvalue weighted by Gasteiger charge is -2.40. The summed E-state index contributed by atoms with van der Waals surface area (Å²) in [6, 6.07) is 20.9. The van der Waals surface area contributed by atoms with Gasteiger partial charge in [-0.05, 0) is 55.5 Å². The second-order valence-corrected chi connectivity index (χ2v) is 9.68. The summed E-state index contributed by atoms with van der Waals surface area (Å²) >= 11 is 0. The third-order valence-electron chi connectivity index (χ3n) is 7.34. The summed E-state index contributed by atoms with van der Waals surface area (Å²) in [5.74, 6) is 0.644. The van der Waals surface area contributed by atoms with E-state index in [-0.39, 0.29) is 5.91 Å². The lowest BCUT2D eigenvalue weighted by Crippen LogP contribution is -2.51. The minimum atomic E-state index is -0.475. The van der Waals surface area contributed by atoms with Gasteiger partial charge in [-0.1, -0.05) is 48.5 Å². The molecule has 172 valence electrons. The number of hydrogen-bond acceptors (Lipinski definition) is 4. The molecule has 0 bridgehead atoms. The first-order valence-corrected chi connectivity index (χ1v) is 12.1. The van der Waals surface area contributed by atoms with Crippen molar-refractivity contribution in [3.63, 3.8) is 0 Å². The van der Waals surface area contributed by atoms with Crippen LogP contribution in [0.25, 0.3) is 10.9 Å². The molecule has 0 spiro atoms. The molecule has 2 aromatic carbocycles. The molecule has 2 aliphatic heterocycles. The zero-order chi connectivity index (χ0) is 22.7. The third kappa shape index (κ3) is 4.66. The lowest BCUT2D eigenvalue weighted by atomic mass is 9.73. The van der Waals surface area contributed by atoms with Gasteiger partial charge in [0, 0.05) is 51.0 Å². The predicted molar refractivity (Wildman–Crippen MR) is 131 cm³/mol. The minimum absolute atomic E-state index is 0.272. The van der Waals surface area contributed by atoms with E-state index in [2.05, 4.69) is 58.2 Å². The Bertz CT molecular complexity index is 1090. The normalized spacial score (nSPS) is 21.6. The van der Waals surface area contributed by atoms with Crippen molar-refractivity contribution >= 4 is 16.8 Å². The highest BCUT2D eigenvalue weighted by atomic mass is 16.5. The molecule has 0 saturated carbocycles. The van der Waals surface area contributed by atoms with Gasteiger partial charge in [-0.25, -0.2) is 0 Å². The number of fused-ring (bicyclic) bond motifs is 1. The monoisotopic (exact) mass is 443 g/mol. The van der Waals surface area contributed by atoms with E-state index in [0.717, 1.165) is 56.5 Å². The van der Waals surface area contributed by atoms with E-state index >= 15 is 0 Å². The number of para-hydroxylation sites is 1. The number of likely N-dealkylation sites (N-methyl/N-ethyl adjacent to an activating group) is 1. The maximum atomic E-state index is 14.1. The van der Waals surface area contributed by atoms with Crippen molar-refractivity contribution < 1.29 is 9.53 Å². The Balaban J connectivity index is 1.39. The van der Waals surface area contributed by atoms with E-state index in [9.17, 15) is 4.79 Å². The molecule has 0 N–H and O–H groups in total. The molecule has 1 atom stereocenters. The van der Waals surface area contributed by atoms with Crippen molar-refractivity contribution in [2.45, 2.75) is 24.7 Å². The molecule has 2 fully saturated rings. The molecular formula is C28H33N3O2. The largest absolute Gasteiger partial charge is 0.381 e. The van der Waals surface area contributed by atoms with Crippen molar-refractivity contribution in [2.24, 2.45) is 5.92 Å². The van der Waals surface area contributed by atoms with E-state index in [1.165, 1.54) is 10.9 Å². The fourth-order valence-corrected chi connectivity index (χ4v) is 5.57. The quantitative estimate of drug-likeness (QED) is 0.613. The molecule has 5 heteroatoms. The molecule has 0 radical (unpaired) electrons. The van der Waals surface area contributed by atoms with Crippen molar-refractivity contribution in [3.05, 3.63) is 78.0 Å². The van der Waals surface area contributed by atoms with Crippen LogP contribution in [0.5, 0.6) is 0 Å². The smallest absolute Gasteiger partial charge is 0.233 e. The van der Waals surface area contributed by atoms with Gasteiger partial charge in [-0.2, -0.15) is 0 Å². The van der Waals surface area contributed by atoms with Gasteiger partial charge in [0.2, 0.25) is 5.91 Å². The molecule has 5 nitrogen and oxygen atoms in total. The molecule has 2 saturated heterocycles. The van der Waals surface area contributed by atoms with E-state index in [1.54, 1.807) is 0 Å². The molecule has 0 unspecified atom stereocenters. The number of hydrogen-bond donors (Lipinski definition) is 0. The zero-order valence-corrected chi connectivity index (χ0v) is 19.5. The first-order chi connectivity index (χ1) is 16.1. The number of aromatic nitrogens is 1. The van der Waals surface area contributed by atoms with E-state index < -0.39 is 5.41 Å². The Morgan fingerprint density at radius 3 is 2.61 bits per heavy atom. The van der Waals surface area contributed by atoms with Crippen LogP contribution in [0.2, 0.25) is 0 Å². The van der Waals surface area contributed by atoms with Gasteiger partial charge in [0.1, 0.15) is 0 Å². The molecular weight excluding hydrogens is 410 g/mol. The van der Waals surface area contributed by atoms with Crippen molar-refractivity contribution in [1.29, 1.82) is 0 Å².